The summed E-state index contributed by atoms with van der Waals surface area (Å²) in [5.74, 6) is 0. The molecule has 1 aliphatic rings. The minimum absolute atomic E-state index is 0.191. The van der Waals surface area contributed by atoms with Crippen molar-refractivity contribution in [2.45, 2.75) is 25.0 Å². The van der Waals surface area contributed by atoms with E-state index in [1.165, 1.54) is 5.56 Å². The molecule has 0 aliphatic carbocycles. The van der Waals surface area contributed by atoms with Crippen LogP contribution in [0.4, 0.5) is 0 Å². The zero-order chi connectivity index (χ0) is 10.7. The van der Waals surface area contributed by atoms with E-state index in [0.717, 1.165) is 23.9 Å². The summed E-state index contributed by atoms with van der Waals surface area (Å²) in [5, 5.41) is 0. The van der Waals surface area contributed by atoms with Crippen LogP contribution in [0.1, 0.15) is 24.5 Å². The van der Waals surface area contributed by atoms with Gasteiger partial charge in [-0.15, -0.1) is 0 Å². The minimum atomic E-state index is 0.191. The van der Waals surface area contributed by atoms with Crippen LogP contribution in [0.2, 0.25) is 0 Å². The molecule has 0 spiro atoms. The Labute approximate surface area is 98.7 Å². The first-order valence-corrected chi connectivity index (χ1v) is 5.99. The van der Waals surface area contributed by atoms with Gasteiger partial charge in [0, 0.05) is 24.6 Å². The van der Waals surface area contributed by atoms with Gasteiger partial charge in [0.15, 0.2) is 0 Å². The lowest BCUT2D eigenvalue weighted by Crippen LogP contribution is -2.25. The Bertz CT molecular complexity index is 310. The Morgan fingerprint density at radius 1 is 1.33 bits per heavy atom. The lowest BCUT2D eigenvalue weighted by atomic mass is 9.99. The van der Waals surface area contributed by atoms with Gasteiger partial charge in [0.2, 0.25) is 0 Å². The first kappa shape index (κ1) is 11.1. The van der Waals surface area contributed by atoms with Crippen molar-refractivity contribution in [1.82, 2.24) is 0 Å². The van der Waals surface area contributed by atoms with Gasteiger partial charge in [-0.2, -0.15) is 0 Å². The first-order valence-electron chi connectivity index (χ1n) is 5.19. The summed E-state index contributed by atoms with van der Waals surface area (Å²) in [5.41, 5.74) is 1.24. The summed E-state index contributed by atoms with van der Waals surface area (Å²) in [7, 11) is 1.77. The molecule has 0 bridgehead atoms. The third-order valence-electron chi connectivity index (χ3n) is 2.81. The molecule has 2 rings (SSSR count). The fraction of sp³-hybridized carbons (Fsp3) is 0.500. The van der Waals surface area contributed by atoms with Crippen LogP contribution in [0.25, 0.3) is 0 Å². The fourth-order valence-electron chi connectivity index (χ4n) is 1.89. The van der Waals surface area contributed by atoms with E-state index in [0.29, 0.717) is 6.10 Å². The molecule has 3 heteroatoms. The van der Waals surface area contributed by atoms with Gasteiger partial charge in [0.05, 0.1) is 12.2 Å². The highest BCUT2D eigenvalue weighted by Crippen LogP contribution is 2.29. The standard InChI is InChI=1S/C12H15BrO2/c1-14-11-6-7-15-12(8-11)9-2-4-10(13)5-3-9/h2-5,11-12H,6-8H2,1H3/t11-,12-/m1/s1. The molecule has 1 aromatic carbocycles. The van der Waals surface area contributed by atoms with E-state index in [9.17, 15) is 0 Å². The quantitative estimate of drug-likeness (QED) is 0.821. The van der Waals surface area contributed by atoms with Crippen molar-refractivity contribution in [3.8, 4) is 0 Å². The van der Waals surface area contributed by atoms with Crippen molar-refractivity contribution in [2.75, 3.05) is 13.7 Å². The molecule has 2 nitrogen and oxygen atoms in total. The monoisotopic (exact) mass is 270 g/mol. The first-order chi connectivity index (χ1) is 7.29. The van der Waals surface area contributed by atoms with Gasteiger partial charge >= 0.3 is 0 Å². The van der Waals surface area contributed by atoms with Crippen molar-refractivity contribution in [3.63, 3.8) is 0 Å². The van der Waals surface area contributed by atoms with E-state index in [4.69, 9.17) is 9.47 Å². The number of benzene rings is 1. The molecule has 1 aliphatic heterocycles. The SMILES string of the molecule is CO[C@@H]1CCO[C@@H](c2ccc(Br)cc2)C1. The van der Waals surface area contributed by atoms with Crippen molar-refractivity contribution in [2.24, 2.45) is 0 Å². The van der Waals surface area contributed by atoms with Crippen molar-refractivity contribution < 1.29 is 9.47 Å². The van der Waals surface area contributed by atoms with Crippen LogP contribution in [0.3, 0.4) is 0 Å². The van der Waals surface area contributed by atoms with Crippen LogP contribution >= 0.6 is 15.9 Å². The van der Waals surface area contributed by atoms with E-state index in [1.54, 1.807) is 7.11 Å². The molecule has 0 N–H and O–H groups in total. The predicted octanol–water partition coefficient (Wildman–Crippen LogP) is 3.32. The van der Waals surface area contributed by atoms with E-state index in [1.807, 2.05) is 0 Å². The molecule has 1 aromatic rings. The maximum absolute atomic E-state index is 5.74. The number of ether oxygens (including phenoxy) is 2. The Morgan fingerprint density at radius 2 is 2.07 bits per heavy atom. The van der Waals surface area contributed by atoms with Gasteiger partial charge < -0.3 is 9.47 Å². The molecular formula is C12H15BrO2. The minimum Gasteiger partial charge on any atom is -0.381 e. The van der Waals surface area contributed by atoms with Gasteiger partial charge in [0.25, 0.3) is 0 Å². The van der Waals surface area contributed by atoms with Crippen LogP contribution in [-0.4, -0.2) is 19.8 Å². The zero-order valence-corrected chi connectivity index (χ0v) is 10.4. The van der Waals surface area contributed by atoms with Gasteiger partial charge in [-0.25, -0.2) is 0 Å². The lowest BCUT2D eigenvalue weighted by molar-refractivity contribution is -0.0598. The predicted molar refractivity (Wildman–Crippen MR) is 62.9 cm³/mol. The third kappa shape index (κ3) is 2.80. The lowest BCUT2D eigenvalue weighted by Gasteiger charge is -2.28. The molecule has 15 heavy (non-hydrogen) atoms. The zero-order valence-electron chi connectivity index (χ0n) is 8.78. The maximum atomic E-state index is 5.74. The van der Waals surface area contributed by atoms with Gasteiger partial charge in [-0.1, -0.05) is 28.1 Å². The van der Waals surface area contributed by atoms with Crippen LogP contribution in [0.5, 0.6) is 0 Å². The van der Waals surface area contributed by atoms with Gasteiger partial charge in [-0.3, -0.25) is 0 Å². The topological polar surface area (TPSA) is 18.5 Å². The van der Waals surface area contributed by atoms with Crippen LogP contribution in [-0.2, 0) is 9.47 Å². The van der Waals surface area contributed by atoms with Gasteiger partial charge in [-0.05, 0) is 24.1 Å². The van der Waals surface area contributed by atoms with Crippen molar-refractivity contribution in [1.29, 1.82) is 0 Å². The molecule has 1 saturated heterocycles. The molecule has 82 valence electrons. The van der Waals surface area contributed by atoms with Gasteiger partial charge in [0.1, 0.15) is 0 Å². The number of rotatable bonds is 2. The van der Waals surface area contributed by atoms with Crippen LogP contribution in [0, 0.1) is 0 Å². The van der Waals surface area contributed by atoms with Crippen LogP contribution in [0.15, 0.2) is 28.7 Å². The number of halogens is 1. The average molecular weight is 271 g/mol. The normalized spacial score (nSPS) is 26.5. The van der Waals surface area contributed by atoms with E-state index >= 15 is 0 Å². The number of hydrogen-bond donors (Lipinski definition) is 0. The number of methoxy groups -OCH3 is 1. The molecule has 0 amide bonds. The molecule has 2 atom stereocenters. The van der Waals surface area contributed by atoms with E-state index in [-0.39, 0.29) is 6.10 Å². The average Bonchev–Trinajstić information content (AvgIpc) is 2.30. The maximum Gasteiger partial charge on any atom is 0.0849 e. The summed E-state index contributed by atoms with van der Waals surface area (Å²) in [6.07, 6.45) is 2.49. The second kappa shape index (κ2) is 5.10. The molecular weight excluding hydrogens is 256 g/mol. The Kier molecular flexibility index (Phi) is 3.78. The summed E-state index contributed by atoms with van der Waals surface area (Å²) in [6.45, 7) is 0.791. The second-order valence-corrected chi connectivity index (χ2v) is 4.71. The Balaban J connectivity index is 2.06. The second-order valence-electron chi connectivity index (χ2n) is 3.79. The summed E-state index contributed by atoms with van der Waals surface area (Å²) >= 11 is 3.43. The third-order valence-corrected chi connectivity index (χ3v) is 3.34. The molecule has 1 heterocycles. The number of hydrogen-bond acceptors (Lipinski definition) is 2. The van der Waals surface area contributed by atoms with Crippen LogP contribution < -0.4 is 0 Å². The smallest absolute Gasteiger partial charge is 0.0849 e. The van der Waals surface area contributed by atoms with E-state index in [2.05, 4.69) is 40.2 Å². The molecule has 0 saturated carbocycles. The summed E-state index contributed by atoms with van der Waals surface area (Å²) in [4.78, 5) is 0. The highest BCUT2D eigenvalue weighted by Gasteiger charge is 2.23. The molecule has 0 unspecified atom stereocenters. The van der Waals surface area contributed by atoms with Crippen molar-refractivity contribution >= 4 is 15.9 Å². The summed E-state index contributed by atoms with van der Waals surface area (Å²) in [6, 6.07) is 8.31. The highest BCUT2D eigenvalue weighted by atomic mass is 79.9. The summed E-state index contributed by atoms with van der Waals surface area (Å²) < 4.78 is 12.2. The Morgan fingerprint density at radius 3 is 2.73 bits per heavy atom. The van der Waals surface area contributed by atoms with E-state index < -0.39 is 0 Å². The fourth-order valence-corrected chi connectivity index (χ4v) is 2.15. The van der Waals surface area contributed by atoms with Crippen molar-refractivity contribution in [3.05, 3.63) is 34.3 Å². The molecule has 1 fully saturated rings. The molecule has 0 aromatic heterocycles. The molecule has 0 radical (unpaired) electrons. The Hall–Kier alpha value is -0.380. The largest absolute Gasteiger partial charge is 0.381 e. The highest BCUT2D eigenvalue weighted by molar-refractivity contribution is 9.10.